The van der Waals surface area contributed by atoms with Crippen molar-refractivity contribution in [3.8, 4) is 0 Å². The van der Waals surface area contributed by atoms with Gasteiger partial charge in [0, 0.05) is 0 Å². The van der Waals surface area contributed by atoms with Gasteiger partial charge in [0.1, 0.15) is 5.60 Å². The van der Waals surface area contributed by atoms with Gasteiger partial charge in [-0.1, -0.05) is 13.3 Å². The summed E-state index contributed by atoms with van der Waals surface area (Å²) in [5.74, 6) is 0.700. The molecule has 0 aromatic carbocycles. The van der Waals surface area contributed by atoms with Gasteiger partial charge in [-0.2, -0.15) is 0 Å². The molecule has 3 heteroatoms. The summed E-state index contributed by atoms with van der Waals surface area (Å²) in [4.78, 5) is 10.9. The molecule has 0 aromatic rings. The van der Waals surface area contributed by atoms with Crippen LogP contribution in [-0.4, -0.2) is 18.2 Å². The maximum absolute atomic E-state index is 10.9. The Bertz CT molecular complexity index is 205. The average Bonchev–Trinajstić information content (AvgIpc) is 2.32. The fourth-order valence-corrected chi connectivity index (χ4v) is 2.37. The number of hydrogen-bond acceptors (Lipinski definition) is 2. The van der Waals surface area contributed by atoms with Gasteiger partial charge in [-0.05, 0) is 25.2 Å². The molecule has 12 heavy (non-hydrogen) atoms. The Morgan fingerprint density at radius 2 is 2.50 bits per heavy atom. The first kappa shape index (κ1) is 7.90. The molecule has 1 amide bonds. The number of nitrogens with one attached hydrogen (secondary N) is 1. The van der Waals surface area contributed by atoms with Gasteiger partial charge in [-0.15, -0.1) is 0 Å². The van der Waals surface area contributed by atoms with E-state index in [0.29, 0.717) is 5.92 Å². The number of alkyl carbamates (subject to hydrolysis) is 1. The van der Waals surface area contributed by atoms with Gasteiger partial charge in [0.2, 0.25) is 0 Å². The summed E-state index contributed by atoms with van der Waals surface area (Å²) < 4.78 is 5.31. The highest BCUT2D eigenvalue weighted by Crippen LogP contribution is 2.36. The summed E-state index contributed by atoms with van der Waals surface area (Å²) in [6, 6.07) is 0. The van der Waals surface area contributed by atoms with Gasteiger partial charge >= 0.3 is 6.09 Å². The first-order chi connectivity index (χ1) is 5.70. The fourth-order valence-electron chi connectivity index (χ4n) is 2.37. The molecule has 1 N–H and O–H groups in total. The Morgan fingerprint density at radius 1 is 1.67 bits per heavy atom. The highest BCUT2D eigenvalue weighted by molar-refractivity contribution is 5.70. The quantitative estimate of drug-likeness (QED) is 0.599. The second-order valence-corrected chi connectivity index (χ2v) is 4.13. The molecule has 1 heterocycles. The summed E-state index contributed by atoms with van der Waals surface area (Å²) in [6.07, 6.45) is 4.31. The lowest BCUT2D eigenvalue weighted by atomic mass is 9.79. The SMILES string of the molecule is CC1CCCC2(CNC(=O)O2)C1. The average molecular weight is 169 g/mol. The van der Waals surface area contributed by atoms with Crippen molar-refractivity contribution in [1.82, 2.24) is 5.32 Å². The van der Waals surface area contributed by atoms with Crippen molar-refractivity contribution in [3.05, 3.63) is 0 Å². The minimum absolute atomic E-state index is 0.144. The van der Waals surface area contributed by atoms with E-state index in [9.17, 15) is 4.79 Å². The van der Waals surface area contributed by atoms with Crippen LogP contribution in [-0.2, 0) is 4.74 Å². The first-order valence-corrected chi connectivity index (χ1v) is 4.67. The van der Waals surface area contributed by atoms with E-state index in [1.807, 2.05) is 0 Å². The van der Waals surface area contributed by atoms with Crippen molar-refractivity contribution in [2.75, 3.05) is 6.54 Å². The third-order valence-corrected chi connectivity index (χ3v) is 2.91. The van der Waals surface area contributed by atoms with Crippen molar-refractivity contribution in [2.45, 2.75) is 38.2 Å². The van der Waals surface area contributed by atoms with Gasteiger partial charge in [0.15, 0.2) is 0 Å². The Hall–Kier alpha value is -0.730. The first-order valence-electron chi connectivity index (χ1n) is 4.67. The summed E-state index contributed by atoms with van der Waals surface area (Å²) in [5, 5.41) is 2.74. The van der Waals surface area contributed by atoms with Crippen molar-refractivity contribution < 1.29 is 9.53 Å². The molecule has 0 radical (unpaired) electrons. The minimum Gasteiger partial charge on any atom is -0.441 e. The van der Waals surface area contributed by atoms with E-state index in [0.717, 1.165) is 19.4 Å². The molecule has 2 unspecified atom stereocenters. The van der Waals surface area contributed by atoms with Crippen molar-refractivity contribution in [3.63, 3.8) is 0 Å². The topological polar surface area (TPSA) is 38.3 Å². The lowest BCUT2D eigenvalue weighted by molar-refractivity contribution is 0.0103. The number of hydrogen-bond donors (Lipinski definition) is 1. The second-order valence-electron chi connectivity index (χ2n) is 4.13. The van der Waals surface area contributed by atoms with Gasteiger partial charge in [0.25, 0.3) is 0 Å². The Kier molecular flexibility index (Phi) is 1.74. The van der Waals surface area contributed by atoms with Crippen LogP contribution in [0.25, 0.3) is 0 Å². The fraction of sp³-hybridized carbons (Fsp3) is 0.889. The second kappa shape index (κ2) is 2.64. The van der Waals surface area contributed by atoms with Crippen LogP contribution in [0.2, 0.25) is 0 Å². The Balaban J connectivity index is 2.05. The molecule has 1 saturated carbocycles. The van der Waals surface area contributed by atoms with Crippen LogP contribution in [0, 0.1) is 5.92 Å². The summed E-state index contributed by atoms with van der Waals surface area (Å²) >= 11 is 0. The lowest BCUT2D eigenvalue weighted by Crippen LogP contribution is -2.38. The van der Waals surface area contributed by atoms with E-state index in [4.69, 9.17) is 4.74 Å². The van der Waals surface area contributed by atoms with E-state index in [1.54, 1.807) is 0 Å². The molecular formula is C9H15NO2. The molecule has 2 fully saturated rings. The number of carbonyl (C=O) groups is 1. The van der Waals surface area contributed by atoms with Crippen LogP contribution < -0.4 is 5.32 Å². The molecule has 2 aliphatic rings. The monoisotopic (exact) mass is 169 g/mol. The van der Waals surface area contributed by atoms with Crippen molar-refractivity contribution in [2.24, 2.45) is 5.92 Å². The minimum atomic E-state index is -0.232. The van der Waals surface area contributed by atoms with Gasteiger partial charge in [-0.3, -0.25) is 0 Å². The zero-order valence-electron chi connectivity index (χ0n) is 7.43. The molecule has 1 aliphatic heterocycles. The van der Waals surface area contributed by atoms with Crippen LogP contribution in [0.5, 0.6) is 0 Å². The van der Waals surface area contributed by atoms with Crippen molar-refractivity contribution in [1.29, 1.82) is 0 Å². The molecule has 1 saturated heterocycles. The van der Waals surface area contributed by atoms with E-state index >= 15 is 0 Å². The predicted molar refractivity (Wildman–Crippen MR) is 44.8 cm³/mol. The van der Waals surface area contributed by atoms with E-state index in [-0.39, 0.29) is 11.7 Å². The third kappa shape index (κ3) is 1.28. The van der Waals surface area contributed by atoms with E-state index < -0.39 is 0 Å². The van der Waals surface area contributed by atoms with Crippen LogP contribution in [0.15, 0.2) is 0 Å². The summed E-state index contributed by atoms with van der Waals surface area (Å²) in [7, 11) is 0. The molecular weight excluding hydrogens is 154 g/mol. The molecule has 1 aliphatic carbocycles. The number of amides is 1. The molecule has 1 spiro atoms. The normalized spacial score (nSPS) is 41.1. The Labute approximate surface area is 72.5 Å². The Morgan fingerprint density at radius 3 is 3.08 bits per heavy atom. The van der Waals surface area contributed by atoms with Gasteiger partial charge < -0.3 is 10.1 Å². The van der Waals surface area contributed by atoms with E-state index in [2.05, 4.69) is 12.2 Å². The lowest BCUT2D eigenvalue weighted by Gasteiger charge is -2.33. The number of rotatable bonds is 0. The van der Waals surface area contributed by atoms with Crippen LogP contribution in [0.4, 0.5) is 4.79 Å². The molecule has 0 bridgehead atoms. The molecule has 68 valence electrons. The maximum atomic E-state index is 10.9. The van der Waals surface area contributed by atoms with Crippen molar-refractivity contribution >= 4 is 6.09 Å². The molecule has 2 rings (SSSR count). The maximum Gasteiger partial charge on any atom is 0.407 e. The highest BCUT2D eigenvalue weighted by atomic mass is 16.6. The standard InChI is InChI=1S/C9H15NO2/c1-7-3-2-4-9(5-7)6-10-8(11)12-9/h7H,2-6H2,1H3,(H,10,11). The van der Waals surface area contributed by atoms with Gasteiger partial charge in [-0.25, -0.2) is 4.79 Å². The molecule has 3 nitrogen and oxygen atoms in total. The third-order valence-electron chi connectivity index (χ3n) is 2.91. The summed E-state index contributed by atoms with van der Waals surface area (Å²) in [5.41, 5.74) is -0.144. The van der Waals surface area contributed by atoms with E-state index in [1.165, 1.54) is 12.8 Å². The largest absolute Gasteiger partial charge is 0.441 e. The summed E-state index contributed by atoms with van der Waals surface area (Å²) in [6.45, 7) is 2.95. The predicted octanol–water partition coefficient (Wildman–Crippen LogP) is 1.68. The van der Waals surface area contributed by atoms with Crippen LogP contribution in [0.1, 0.15) is 32.6 Å². The molecule has 0 aromatic heterocycles. The smallest absolute Gasteiger partial charge is 0.407 e. The number of carbonyl (C=O) groups excluding carboxylic acids is 1. The highest BCUT2D eigenvalue weighted by Gasteiger charge is 2.42. The van der Waals surface area contributed by atoms with Crippen LogP contribution in [0.3, 0.4) is 0 Å². The number of ether oxygens (including phenoxy) is 1. The zero-order chi connectivity index (χ0) is 8.60. The molecule has 2 atom stereocenters. The van der Waals surface area contributed by atoms with Crippen LogP contribution >= 0.6 is 0 Å². The zero-order valence-corrected chi connectivity index (χ0v) is 7.43. The van der Waals surface area contributed by atoms with Gasteiger partial charge in [0.05, 0.1) is 6.54 Å².